The van der Waals surface area contributed by atoms with Gasteiger partial charge in [0.05, 0.1) is 5.25 Å². The third-order valence-corrected chi connectivity index (χ3v) is 6.90. The molecule has 0 spiro atoms. The molecule has 0 saturated heterocycles. The second kappa shape index (κ2) is 5.25. The molecule has 4 aliphatic carbocycles. The Bertz CT molecular complexity index is 549. The minimum Gasteiger partial charge on any atom is -0.350 e. The Morgan fingerprint density at radius 2 is 1.91 bits per heavy atom. The first-order chi connectivity index (χ1) is 10.5. The van der Waals surface area contributed by atoms with Gasteiger partial charge in [-0.15, -0.1) is 10.2 Å². The quantitative estimate of drug-likeness (QED) is 0.865. The van der Waals surface area contributed by atoms with Crippen LogP contribution in [0.4, 0.5) is 0 Å². The van der Waals surface area contributed by atoms with Gasteiger partial charge in [-0.1, -0.05) is 11.8 Å². The first-order valence-corrected chi connectivity index (χ1v) is 9.24. The maximum absolute atomic E-state index is 12.7. The van der Waals surface area contributed by atoms with Crippen LogP contribution in [-0.2, 0) is 11.8 Å². The van der Waals surface area contributed by atoms with Crippen LogP contribution in [0.25, 0.3) is 0 Å². The van der Waals surface area contributed by atoms with Gasteiger partial charge in [-0.05, 0) is 63.2 Å². The van der Waals surface area contributed by atoms with Crippen LogP contribution in [0.1, 0.15) is 45.4 Å². The van der Waals surface area contributed by atoms with Crippen LogP contribution in [0.3, 0.4) is 0 Å². The molecule has 0 unspecified atom stereocenters. The van der Waals surface area contributed by atoms with Crippen molar-refractivity contribution < 1.29 is 4.79 Å². The van der Waals surface area contributed by atoms with Gasteiger partial charge in [0.2, 0.25) is 5.91 Å². The van der Waals surface area contributed by atoms with Gasteiger partial charge < -0.3 is 9.88 Å². The van der Waals surface area contributed by atoms with Crippen molar-refractivity contribution >= 4 is 17.7 Å². The molecule has 1 amide bonds. The SMILES string of the molecule is C[C@@H](Sc1nncn1C)C(=O)NC12CC3CC(CC(C3)C1)C2. The van der Waals surface area contributed by atoms with Gasteiger partial charge in [0.15, 0.2) is 5.16 Å². The van der Waals surface area contributed by atoms with Crippen molar-refractivity contribution in [1.29, 1.82) is 0 Å². The summed E-state index contributed by atoms with van der Waals surface area (Å²) in [5.74, 6) is 2.73. The summed E-state index contributed by atoms with van der Waals surface area (Å²) in [5.41, 5.74) is 0.0978. The molecule has 0 aromatic carbocycles. The first kappa shape index (κ1) is 14.5. The van der Waals surface area contributed by atoms with Gasteiger partial charge in [-0.3, -0.25) is 4.79 Å². The largest absolute Gasteiger partial charge is 0.350 e. The summed E-state index contributed by atoms with van der Waals surface area (Å²) >= 11 is 1.49. The van der Waals surface area contributed by atoms with Gasteiger partial charge in [0.1, 0.15) is 6.33 Å². The molecule has 0 aliphatic heterocycles. The van der Waals surface area contributed by atoms with Crippen molar-refractivity contribution in [2.24, 2.45) is 24.8 Å². The lowest BCUT2D eigenvalue weighted by molar-refractivity contribution is -0.126. The zero-order valence-corrected chi connectivity index (χ0v) is 14.1. The number of carbonyl (C=O) groups excluding carboxylic acids is 1. The summed E-state index contributed by atoms with van der Waals surface area (Å²) in [6.07, 6.45) is 9.48. The Balaban J connectivity index is 1.42. The smallest absolute Gasteiger partial charge is 0.233 e. The molecule has 4 bridgehead atoms. The molecule has 1 atom stereocenters. The molecule has 4 fully saturated rings. The number of aromatic nitrogens is 3. The number of hydrogen-bond donors (Lipinski definition) is 1. The maximum atomic E-state index is 12.7. The third-order valence-electron chi connectivity index (χ3n) is 5.75. The molecule has 4 aliphatic rings. The summed E-state index contributed by atoms with van der Waals surface area (Å²) < 4.78 is 1.86. The zero-order valence-electron chi connectivity index (χ0n) is 13.3. The Labute approximate surface area is 135 Å². The van der Waals surface area contributed by atoms with Gasteiger partial charge >= 0.3 is 0 Å². The summed E-state index contributed by atoms with van der Waals surface area (Å²) in [6, 6.07) is 0. The van der Waals surface area contributed by atoms with E-state index in [0.29, 0.717) is 0 Å². The van der Waals surface area contributed by atoms with Gasteiger partial charge in [0.25, 0.3) is 0 Å². The van der Waals surface area contributed by atoms with Gasteiger partial charge in [-0.2, -0.15) is 0 Å². The number of nitrogens with zero attached hydrogens (tertiary/aromatic N) is 3. The van der Waals surface area contributed by atoms with E-state index >= 15 is 0 Å². The first-order valence-electron chi connectivity index (χ1n) is 8.36. The fourth-order valence-electron chi connectivity index (χ4n) is 5.22. The Kier molecular flexibility index (Phi) is 3.47. The van der Waals surface area contributed by atoms with E-state index in [1.165, 1.54) is 50.3 Å². The molecule has 22 heavy (non-hydrogen) atoms. The van der Waals surface area contributed by atoms with Gasteiger partial charge in [-0.25, -0.2) is 0 Å². The number of thioether (sulfide) groups is 1. The molecule has 1 N–H and O–H groups in total. The summed E-state index contributed by atoms with van der Waals surface area (Å²) in [6.45, 7) is 1.97. The van der Waals surface area contributed by atoms with Gasteiger partial charge in [0, 0.05) is 12.6 Å². The lowest BCUT2D eigenvalue weighted by Gasteiger charge is -2.57. The molecule has 0 radical (unpaired) electrons. The predicted octanol–water partition coefficient (Wildman–Crippen LogP) is 2.38. The molecule has 5 rings (SSSR count). The Morgan fingerprint density at radius 3 is 2.41 bits per heavy atom. The van der Waals surface area contributed by atoms with E-state index in [9.17, 15) is 4.79 Å². The second-order valence-corrected chi connectivity index (χ2v) is 8.98. The van der Waals surface area contributed by atoms with Crippen molar-refractivity contribution in [1.82, 2.24) is 20.1 Å². The van der Waals surface area contributed by atoms with E-state index in [0.717, 1.165) is 22.9 Å². The van der Waals surface area contributed by atoms with Crippen molar-refractivity contribution in [2.75, 3.05) is 0 Å². The average molecular weight is 320 g/mol. The minimum atomic E-state index is -0.129. The van der Waals surface area contributed by atoms with E-state index in [4.69, 9.17) is 0 Å². The zero-order chi connectivity index (χ0) is 15.3. The summed E-state index contributed by atoms with van der Waals surface area (Å²) in [7, 11) is 1.91. The standard InChI is InChI=1S/C16H24N4OS/c1-10(22-15-19-17-9-20(15)2)14(21)18-16-6-11-3-12(7-16)5-13(4-11)8-16/h9-13H,3-8H2,1-2H3,(H,18,21)/t10-,11?,12?,13?,16?/m1/s1. The molecule has 4 saturated carbocycles. The number of aryl methyl sites for hydroxylation is 1. The average Bonchev–Trinajstić information content (AvgIpc) is 2.82. The number of carbonyl (C=O) groups is 1. The fourth-order valence-corrected chi connectivity index (χ4v) is 6.01. The Hall–Kier alpha value is -1.04. The molecule has 120 valence electrons. The molecule has 1 aromatic rings. The van der Waals surface area contributed by atoms with Crippen LogP contribution in [-0.4, -0.2) is 31.5 Å². The minimum absolute atomic E-state index is 0.0978. The van der Waals surface area contributed by atoms with Crippen LogP contribution < -0.4 is 5.32 Å². The molecular weight excluding hydrogens is 296 g/mol. The number of nitrogens with one attached hydrogen (secondary N) is 1. The molecule has 1 aromatic heterocycles. The van der Waals surface area contributed by atoms with E-state index in [1.54, 1.807) is 6.33 Å². The van der Waals surface area contributed by atoms with E-state index in [2.05, 4.69) is 15.5 Å². The topological polar surface area (TPSA) is 59.8 Å². The third kappa shape index (κ3) is 2.55. The van der Waals surface area contributed by atoms with Crippen molar-refractivity contribution in [3.63, 3.8) is 0 Å². The lowest BCUT2D eigenvalue weighted by Crippen LogP contribution is -2.60. The highest BCUT2D eigenvalue weighted by atomic mass is 32.2. The van der Waals surface area contributed by atoms with Crippen LogP contribution in [0.2, 0.25) is 0 Å². The van der Waals surface area contributed by atoms with Crippen molar-refractivity contribution in [3.8, 4) is 0 Å². The van der Waals surface area contributed by atoms with E-state index < -0.39 is 0 Å². The van der Waals surface area contributed by atoms with Crippen LogP contribution in [0.15, 0.2) is 11.5 Å². The van der Waals surface area contributed by atoms with Crippen molar-refractivity contribution in [2.45, 2.75) is 61.4 Å². The number of rotatable bonds is 4. The summed E-state index contributed by atoms with van der Waals surface area (Å²) in [5, 5.41) is 12.0. The van der Waals surface area contributed by atoms with E-state index in [1.807, 2.05) is 18.5 Å². The number of amides is 1. The molecule has 5 nitrogen and oxygen atoms in total. The van der Waals surface area contributed by atoms with Crippen molar-refractivity contribution in [3.05, 3.63) is 6.33 Å². The molecule has 1 heterocycles. The monoisotopic (exact) mass is 320 g/mol. The highest BCUT2D eigenvalue weighted by Crippen LogP contribution is 2.55. The highest BCUT2D eigenvalue weighted by molar-refractivity contribution is 8.00. The predicted molar refractivity (Wildman–Crippen MR) is 85.4 cm³/mol. The van der Waals surface area contributed by atoms with E-state index in [-0.39, 0.29) is 16.7 Å². The molecule has 6 heteroatoms. The fraction of sp³-hybridized carbons (Fsp3) is 0.812. The number of hydrogen-bond acceptors (Lipinski definition) is 4. The second-order valence-electron chi connectivity index (χ2n) is 7.67. The normalized spacial score (nSPS) is 37.3. The highest BCUT2D eigenvalue weighted by Gasteiger charge is 2.51. The Morgan fingerprint density at radius 1 is 1.32 bits per heavy atom. The van der Waals surface area contributed by atoms with Crippen LogP contribution in [0.5, 0.6) is 0 Å². The lowest BCUT2D eigenvalue weighted by atomic mass is 9.53. The maximum Gasteiger partial charge on any atom is 0.233 e. The summed E-state index contributed by atoms with van der Waals surface area (Å²) in [4.78, 5) is 12.7. The molecular formula is C16H24N4OS. The van der Waals surface area contributed by atoms with Crippen LogP contribution >= 0.6 is 11.8 Å². The van der Waals surface area contributed by atoms with Crippen LogP contribution in [0, 0.1) is 17.8 Å².